The lowest BCUT2D eigenvalue weighted by Gasteiger charge is -1.79. The Hall–Kier alpha value is -0.0400. The van der Waals surface area contributed by atoms with Crippen molar-refractivity contribution in [3.05, 3.63) is 0 Å². The molecule has 0 heterocycles. The van der Waals surface area contributed by atoms with Gasteiger partial charge in [0.2, 0.25) is 0 Å². The van der Waals surface area contributed by atoms with E-state index in [4.69, 9.17) is 6.48 Å². The van der Waals surface area contributed by atoms with E-state index < -0.39 is 0 Å². The van der Waals surface area contributed by atoms with Crippen LogP contribution >= 0.6 is 0 Å². The Morgan fingerprint density at radius 1 is 2.00 bits per heavy atom. The quantitative estimate of drug-likeness (QED) is 0.514. The first-order valence-electron chi connectivity index (χ1n) is 2.38. The predicted octanol–water partition coefficient (Wildman–Crippen LogP) is 0.779. The van der Waals surface area contributed by atoms with Crippen LogP contribution in [0.1, 0.15) is 21.1 Å². The third-order valence-electron chi connectivity index (χ3n) is 0.418. The molecule has 1 N–H and O–H groups in total. The van der Waals surface area contributed by atoms with Gasteiger partial charge in [0, 0.05) is 7.98 Å². The first-order valence-corrected chi connectivity index (χ1v) is 1.80. The minimum atomic E-state index is -0.102. The Bertz CT molecular complexity index is 28.7. The Balaban J connectivity index is 2.63. The first-order chi connectivity index (χ1) is 2.77. The van der Waals surface area contributed by atoms with Crippen LogP contribution in [-0.2, 0) is 0 Å². The Kier molecular flexibility index (Phi) is 2.50. The minimum Gasteiger partial charge on any atom is -0.396 e. The zero-order chi connectivity index (χ0) is 4.99. The van der Waals surface area contributed by atoms with Crippen LogP contribution in [0.25, 0.3) is 0 Å². The second-order valence-electron chi connectivity index (χ2n) is 0.921. The number of aliphatic hydroxyl groups is 1. The zero-order valence-electron chi connectivity index (χ0n) is 4.44. The van der Waals surface area contributed by atoms with E-state index >= 15 is 0 Å². The highest BCUT2D eigenvalue weighted by Crippen LogP contribution is 1.78. The fraction of sp³-hybridized carbons (Fsp3) is 1.00. The summed E-state index contributed by atoms with van der Waals surface area (Å²) in [5, 5.41) is 8.12. The van der Waals surface area contributed by atoms with Gasteiger partial charge in [-0.3, -0.25) is 0 Å². The van der Waals surface area contributed by atoms with Gasteiger partial charge in [0.1, 0.15) is 0 Å². The molecule has 0 saturated carbocycles. The van der Waals surface area contributed by atoms with Gasteiger partial charge in [-0.25, -0.2) is 0 Å². The van der Waals surface area contributed by atoms with E-state index in [2.05, 4.69) is 0 Å². The van der Waals surface area contributed by atoms with Gasteiger partial charge in [-0.2, -0.15) is 0 Å². The second kappa shape index (κ2) is 3.96. The van der Waals surface area contributed by atoms with Gasteiger partial charge in [-0.1, -0.05) is 13.3 Å². The predicted molar refractivity (Wildman–Crippen MR) is 22.0 cm³/mol. The van der Waals surface area contributed by atoms with Crippen LogP contribution < -0.4 is 0 Å². The average molecular weight is 75.1 g/mol. The van der Waals surface area contributed by atoms with E-state index in [0.717, 1.165) is 0 Å². The molecule has 0 aliphatic rings. The van der Waals surface area contributed by atoms with Crippen LogP contribution in [0.5, 0.6) is 0 Å². The number of aliphatic hydroxyl groups excluding tert-OH is 1. The summed E-state index contributed by atoms with van der Waals surface area (Å²) in [6.45, 7) is 1.90. The van der Waals surface area contributed by atoms with Crippen molar-refractivity contribution in [2.24, 2.45) is 0 Å². The lowest BCUT2D eigenvalue weighted by molar-refractivity contribution is 0.287. The first kappa shape index (κ1) is 3.16. The Morgan fingerprint density at radius 2 is 2.60 bits per heavy atom. The highest BCUT2D eigenvalue weighted by Gasteiger charge is 1.69. The van der Waals surface area contributed by atoms with Crippen LogP contribution in [0, 0.1) is 0 Å². The molecule has 1 unspecified atom stereocenters. The van der Waals surface area contributed by atoms with E-state index in [0.29, 0.717) is 6.42 Å². The van der Waals surface area contributed by atoms with Crippen molar-refractivity contribution in [1.29, 1.82) is 0 Å². The van der Waals surface area contributed by atoms with E-state index in [-0.39, 0.29) is 13.0 Å². The van der Waals surface area contributed by atoms with Gasteiger partial charge >= 0.3 is 0 Å². The van der Waals surface area contributed by atoms with Crippen molar-refractivity contribution in [2.75, 3.05) is 6.61 Å². The van der Waals surface area contributed by atoms with Gasteiger partial charge in [0.25, 0.3) is 0 Å². The van der Waals surface area contributed by atoms with E-state index in [1.165, 1.54) is 0 Å². The number of rotatable bonds is 2. The van der Waals surface area contributed by atoms with Crippen LogP contribution in [0.3, 0.4) is 0 Å². The molecule has 0 fully saturated rings. The molecular formula is C4H10O. The zero-order valence-corrected chi connectivity index (χ0v) is 3.44. The van der Waals surface area contributed by atoms with Crippen LogP contribution in [-0.4, -0.2) is 11.7 Å². The summed E-state index contributed by atoms with van der Waals surface area (Å²) in [5.41, 5.74) is 0. The van der Waals surface area contributed by atoms with Crippen molar-refractivity contribution < 1.29 is 6.48 Å². The van der Waals surface area contributed by atoms with Crippen molar-refractivity contribution >= 4 is 0 Å². The van der Waals surface area contributed by atoms with Crippen molar-refractivity contribution in [3.8, 4) is 0 Å². The molecule has 0 radical (unpaired) electrons. The number of hydrogen-bond donors (Lipinski definition) is 1. The van der Waals surface area contributed by atoms with Gasteiger partial charge in [0.15, 0.2) is 0 Å². The molecule has 0 aromatic heterocycles. The maximum absolute atomic E-state index is 8.12. The molecule has 0 spiro atoms. The Labute approximate surface area is 34.0 Å². The molecule has 0 aromatic carbocycles. The van der Waals surface area contributed by atoms with E-state index in [1.807, 2.05) is 0 Å². The molecule has 1 atom stereocenters. The molecule has 1 heteroatoms. The summed E-state index contributed by atoms with van der Waals surface area (Å²) in [6.07, 6.45) is 0.495. The molecule has 0 saturated heterocycles. The topological polar surface area (TPSA) is 20.2 Å². The lowest BCUT2D eigenvalue weighted by atomic mass is 10.4. The molecule has 5 heavy (non-hydrogen) atoms. The SMILES string of the molecule is [2H]C(C)CCO. The molecule has 0 aliphatic carbocycles. The molecular weight excluding hydrogens is 64.0 g/mol. The molecule has 32 valence electrons. The van der Waals surface area contributed by atoms with Crippen LogP contribution in [0.15, 0.2) is 0 Å². The summed E-state index contributed by atoms with van der Waals surface area (Å²) in [4.78, 5) is 0. The fourth-order valence-electron chi connectivity index (χ4n) is 0.129. The molecule has 0 aliphatic heterocycles. The summed E-state index contributed by atoms with van der Waals surface area (Å²) in [7, 11) is 0. The van der Waals surface area contributed by atoms with Crippen molar-refractivity contribution in [2.45, 2.75) is 19.7 Å². The average Bonchev–Trinajstić information content (AvgIpc) is 1.35. The normalized spacial score (nSPS) is 17.6. The summed E-state index contributed by atoms with van der Waals surface area (Å²) >= 11 is 0. The highest BCUT2D eigenvalue weighted by molar-refractivity contribution is 4.23. The van der Waals surface area contributed by atoms with Gasteiger partial charge in [-0.15, -0.1) is 0 Å². The monoisotopic (exact) mass is 75.1 g/mol. The third-order valence-corrected chi connectivity index (χ3v) is 0.418. The van der Waals surface area contributed by atoms with Crippen LogP contribution in [0.4, 0.5) is 0 Å². The van der Waals surface area contributed by atoms with Gasteiger partial charge < -0.3 is 5.11 Å². The second-order valence-corrected chi connectivity index (χ2v) is 0.921. The highest BCUT2D eigenvalue weighted by atomic mass is 16.2. The number of hydrogen-bond acceptors (Lipinski definition) is 1. The van der Waals surface area contributed by atoms with E-state index in [9.17, 15) is 0 Å². The third kappa shape index (κ3) is 3.96. The maximum Gasteiger partial charge on any atom is 0.0430 e. The molecule has 0 rings (SSSR count). The smallest absolute Gasteiger partial charge is 0.0430 e. The van der Waals surface area contributed by atoms with Gasteiger partial charge in [0.05, 0.1) is 0 Å². The largest absolute Gasteiger partial charge is 0.396 e. The molecule has 0 amide bonds. The van der Waals surface area contributed by atoms with Crippen LogP contribution in [0.2, 0.25) is 0 Å². The maximum atomic E-state index is 8.12. The summed E-state index contributed by atoms with van der Waals surface area (Å²) in [6, 6.07) is 0. The summed E-state index contributed by atoms with van der Waals surface area (Å²) < 4.78 is 6.82. The molecule has 0 bridgehead atoms. The fourth-order valence-corrected chi connectivity index (χ4v) is 0.129. The minimum absolute atomic E-state index is 0.102. The van der Waals surface area contributed by atoms with E-state index in [1.54, 1.807) is 6.92 Å². The Morgan fingerprint density at radius 3 is 2.60 bits per heavy atom. The summed E-state index contributed by atoms with van der Waals surface area (Å²) in [5.74, 6) is 0. The standard InChI is InChI=1S/C4H10O/c1-2-3-4-5/h5H,2-4H2,1H3/i2D. The molecule has 0 aromatic rings. The lowest BCUT2D eigenvalue weighted by Crippen LogP contribution is -1.75. The van der Waals surface area contributed by atoms with Crippen molar-refractivity contribution in [3.63, 3.8) is 0 Å². The van der Waals surface area contributed by atoms with Crippen molar-refractivity contribution in [1.82, 2.24) is 0 Å². The van der Waals surface area contributed by atoms with Gasteiger partial charge in [-0.05, 0) is 6.42 Å². The molecule has 1 nitrogen and oxygen atoms in total.